The summed E-state index contributed by atoms with van der Waals surface area (Å²) < 4.78 is 5.37. The normalized spacial score (nSPS) is 16.4. The molecule has 2 amide bonds. The zero-order chi connectivity index (χ0) is 23.2. The van der Waals surface area contributed by atoms with E-state index in [0.29, 0.717) is 19.4 Å². The highest BCUT2D eigenvalue weighted by Crippen LogP contribution is 2.20. The highest BCUT2D eigenvalue weighted by atomic mass is 16.6. The lowest BCUT2D eigenvalue weighted by molar-refractivity contribution is -0.142. The zero-order valence-electron chi connectivity index (χ0n) is 18.1. The van der Waals surface area contributed by atoms with E-state index in [1.54, 1.807) is 0 Å². The first-order chi connectivity index (χ1) is 16.0. The molecule has 1 heterocycles. The summed E-state index contributed by atoms with van der Waals surface area (Å²) in [5.41, 5.74) is 1.67. The van der Waals surface area contributed by atoms with Crippen LogP contribution in [0.25, 0.3) is 10.8 Å². The molecular weight excluding hydrogens is 420 g/mol. The third-order valence-corrected chi connectivity index (χ3v) is 5.86. The van der Waals surface area contributed by atoms with Gasteiger partial charge in [0.2, 0.25) is 5.91 Å². The van der Waals surface area contributed by atoms with Gasteiger partial charge in [0.05, 0.1) is 0 Å². The number of ether oxygens (including phenoxy) is 1. The van der Waals surface area contributed by atoms with Crippen LogP contribution >= 0.6 is 0 Å². The Morgan fingerprint density at radius 2 is 1.70 bits per heavy atom. The molecule has 1 saturated heterocycles. The first-order valence-electron chi connectivity index (χ1n) is 11.0. The maximum Gasteiger partial charge on any atom is 0.410 e. The predicted octanol–water partition coefficient (Wildman–Crippen LogP) is 3.75. The molecule has 0 unspecified atom stereocenters. The van der Waals surface area contributed by atoms with E-state index in [2.05, 4.69) is 5.32 Å². The molecule has 7 heteroatoms. The summed E-state index contributed by atoms with van der Waals surface area (Å²) in [6, 6.07) is 21.0. The first kappa shape index (κ1) is 22.3. The number of carbonyl (C=O) groups is 3. The van der Waals surface area contributed by atoms with Crippen LogP contribution in [0.4, 0.5) is 4.79 Å². The molecule has 2 N–H and O–H groups in total. The van der Waals surface area contributed by atoms with Crippen molar-refractivity contribution >= 4 is 28.7 Å². The van der Waals surface area contributed by atoms with Crippen LogP contribution in [0.3, 0.4) is 0 Å². The van der Waals surface area contributed by atoms with Crippen molar-refractivity contribution in [3.63, 3.8) is 0 Å². The average molecular weight is 447 g/mol. The second kappa shape index (κ2) is 10.2. The third kappa shape index (κ3) is 5.49. The SMILES string of the molecule is O=C(O)[C@H](Cc1ccc2ccccc2c1)NC(=O)[C@@H]1CCCN1C(=O)OCc1ccccc1. The van der Waals surface area contributed by atoms with E-state index in [9.17, 15) is 19.5 Å². The number of benzene rings is 3. The Morgan fingerprint density at radius 3 is 2.45 bits per heavy atom. The van der Waals surface area contributed by atoms with Gasteiger partial charge in [0.25, 0.3) is 0 Å². The molecule has 1 aliphatic rings. The Hall–Kier alpha value is -3.87. The molecule has 1 fully saturated rings. The Balaban J connectivity index is 1.39. The number of rotatable bonds is 7. The van der Waals surface area contributed by atoms with Crippen molar-refractivity contribution in [3.05, 3.63) is 83.9 Å². The van der Waals surface area contributed by atoms with Crippen molar-refractivity contribution in [1.82, 2.24) is 10.2 Å². The van der Waals surface area contributed by atoms with Gasteiger partial charge in [0.1, 0.15) is 18.7 Å². The maximum atomic E-state index is 12.9. The molecule has 3 aromatic carbocycles. The van der Waals surface area contributed by atoms with E-state index >= 15 is 0 Å². The maximum absolute atomic E-state index is 12.9. The monoisotopic (exact) mass is 446 g/mol. The molecule has 0 saturated carbocycles. The molecule has 33 heavy (non-hydrogen) atoms. The second-order valence-corrected chi connectivity index (χ2v) is 8.18. The summed E-state index contributed by atoms with van der Waals surface area (Å²) in [5, 5.41) is 14.4. The number of carbonyl (C=O) groups excluding carboxylic acids is 2. The molecule has 4 rings (SSSR count). The van der Waals surface area contributed by atoms with Crippen LogP contribution in [0.1, 0.15) is 24.0 Å². The van der Waals surface area contributed by atoms with Gasteiger partial charge in [-0.05, 0) is 34.7 Å². The minimum atomic E-state index is -1.12. The summed E-state index contributed by atoms with van der Waals surface area (Å²) in [5.74, 6) is -1.59. The molecule has 0 bridgehead atoms. The molecular formula is C26H26N2O5. The van der Waals surface area contributed by atoms with Gasteiger partial charge in [-0.2, -0.15) is 0 Å². The molecule has 1 aliphatic heterocycles. The average Bonchev–Trinajstić information content (AvgIpc) is 3.33. The smallest absolute Gasteiger partial charge is 0.410 e. The van der Waals surface area contributed by atoms with Crippen molar-refractivity contribution in [2.75, 3.05) is 6.54 Å². The quantitative estimate of drug-likeness (QED) is 0.576. The summed E-state index contributed by atoms with van der Waals surface area (Å²) in [4.78, 5) is 38.8. The van der Waals surface area contributed by atoms with E-state index in [1.807, 2.05) is 72.8 Å². The Bertz CT molecular complexity index is 1150. The molecule has 0 radical (unpaired) electrons. The minimum absolute atomic E-state index is 0.115. The Morgan fingerprint density at radius 1 is 0.970 bits per heavy atom. The van der Waals surface area contributed by atoms with Crippen molar-refractivity contribution in [2.45, 2.75) is 38.0 Å². The Labute approximate surface area is 192 Å². The second-order valence-electron chi connectivity index (χ2n) is 8.18. The number of nitrogens with one attached hydrogen (secondary N) is 1. The fourth-order valence-corrected chi connectivity index (χ4v) is 4.13. The largest absolute Gasteiger partial charge is 0.480 e. The lowest BCUT2D eigenvalue weighted by atomic mass is 10.0. The van der Waals surface area contributed by atoms with Gasteiger partial charge in [-0.1, -0.05) is 72.8 Å². The van der Waals surface area contributed by atoms with Crippen molar-refractivity contribution in [2.24, 2.45) is 0 Å². The zero-order valence-corrected chi connectivity index (χ0v) is 18.1. The van der Waals surface area contributed by atoms with Gasteiger partial charge in [-0.3, -0.25) is 9.69 Å². The number of carboxylic acid groups (broad SMARTS) is 1. The van der Waals surface area contributed by atoms with Gasteiger partial charge < -0.3 is 15.2 Å². The topological polar surface area (TPSA) is 95.9 Å². The van der Waals surface area contributed by atoms with Gasteiger partial charge in [-0.25, -0.2) is 9.59 Å². The molecule has 0 aromatic heterocycles. The van der Waals surface area contributed by atoms with Crippen LogP contribution in [0.15, 0.2) is 72.8 Å². The van der Waals surface area contributed by atoms with Crippen LogP contribution in [-0.4, -0.2) is 46.6 Å². The van der Waals surface area contributed by atoms with Crippen LogP contribution < -0.4 is 5.32 Å². The summed E-state index contributed by atoms with van der Waals surface area (Å²) in [7, 11) is 0. The van der Waals surface area contributed by atoms with Gasteiger partial charge >= 0.3 is 12.1 Å². The number of hydrogen-bond donors (Lipinski definition) is 2. The van der Waals surface area contributed by atoms with Gasteiger partial charge in [0, 0.05) is 13.0 Å². The van der Waals surface area contributed by atoms with Crippen LogP contribution in [-0.2, 0) is 27.4 Å². The highest BCUT2D eigenvalue weighted by molar-refractivity contribution is 5.90. The van der Waals surface area contributed by atoms with E-state index in [1.165, 1.54) is 4.90 Å². The Kier molecular flexibility index (Phi) is 6.88. The number of nitrogens with zero attached hydrogens (tertiary/aromatic N) is 1. The number of likely N-dealkylation sites (tertiary alicyclic amines) is 1. The molecule has 0 spiro atoms. The molecule has 7 nitrogen and oxygen atoms in total. The lowest BCUT2D eigenvalue weighted by Gasteiger charge is -2.25. The third-order valence-electron chi connectivity index (χ3n) is 5.86. The van der Waals surface area contributed by atoms with E-state index in [4.69, 9.17) is 4.74 Å². The van der Waals surface area contributed by atoms with Crippen LogP contribution in [0.2, 0.25) is 0 Å². The van der Waals surface area contributed by atoms with Crippen LogP contribution in [0, 0.1) is 0 Å². The van der Waals surface area contributed by atoms with Crippen LogP contribution in [0.5, 0.6) is 0 Å². The fourth-order valence-electron chi connectivity index (χ4n) is 4.13. The van der Waals surface area contributed by atoms with Crippen molar-refractivity contribution in [1.29, 1.82) is 0 Å². The summed E-state index contributed by atoms with van der Waals surface area (Å²) in [6.07, 6.45) is 0.699. The highest BCUT2D eigenvalue weighted by Gasteiger charge is 2.36. The number of fused-ring (bicyclic) bond motifs is 1. The fraction of sp³-hybridized carbons (Fsp3) is 0.269. The minimum Gasteiger partial charge on any atom is -0.480 e. The molecule has 3 aromatic rings. The molecule has 0 aliphatic carbocycles. The van der Waals surface area contributed by atoms with E-state index < -0.39 is 30.1 Å². The van der Waals surface area contributed by atoms with E-state index in [-0.39, 0.29) is 13.0 Å². The van der Waals surface area contributed by atoms with Crippen molar-refractivity contribution < 1.29 is 24.2 Å². The number of amides is 2. The van der Waals surface area contributed by atoms with Crippen molar-refractivity contribution in [3.8, 4) is 0 Å². The predicted molar refractivity (Wildman–Crippen MR) is 124 cm³/mol. The number of carboxylic acids is 1. The van der Waals surface area contributed by atoms with Gasteiger partial charge in [-0.15, -0.1) is 0 Å². The summed E-state index contributed by atoms with van der Waals surface area (Å²) in [6.45, 7) is 0.512. The lowest BCUT2D eigenvalue weighted by Crippen LogP contribution is -2.51. The molecule has 170 valence electrons. The first-order valence-corrected chi connectivity index (χ1v) is 11.0. The number of hydrogen-bond acceptors (Lipinski definition) is 4. The molecule has 2 atom stereocenters. The van der Waals surface area contributed by atoms with Gasteiger partial charge in [0.15, 0.2) is 0 Å². The summed E-state index contributed by atoms with van der Waals surface area (Å²) >= 11 is 0. The van der Waals surface area contributed by atoms with E-state index in [0.717, 1.165) is 21.9 Å². The number of aliphatic carboxylic acids is 1. The standard InChI is InChI=1S/C26H26N2O5/c29-24(23-11-6-14-28(23)26(32)33-17-18-7-2-1-3-8-18)27-22(25(30)31)16-19-12-13-20-9-4-5-10-21(20)15-19/h1-5,7-10,12-13,15,22-23H,6,11,14,16-17H2,(H,27,29)(H,30,31)/t22-,23-/m0/s1.